The van der Waals surface area contributed by atoms with Gasteiger partial charge in [0.05, 0.1) is 6.61 Å². The van der Waals surface area contributed by atoms with Crippen LogP contribution in [0.2, 0.25) is 0 Å². The summed E-state index contributed by atoms with van der Waals surface area (Å²) in [7, 11) is 1.81. The van der Waals surface area contributed by atoms with Crippen LogP contribution in [0.3, 0.4) is 0 Å². The highest BCUT2D eigenvalue weighted by Crippen LogP contribution is 2.15. The fourth-order valence-corrected chi connectivity index (χ4v) is 4.19. The SMILES string of the molecule is CCOC(=O)N1CCC(NC(=NC)NCCCN2CCN(c3ccccc3)CC2)CC1. The zero-order valence-corrected chi connectivity index (χ0v) is 19.1. The van der Waals surface area contributed by atoms with Gasteiger partial charge in [-0.25, -0.2) is 4.79 Å². The molecule has 2 aliphatic heterocycles. The average molecular weight is 431 g/mol. The Morgan fingerprint density at radius 3 is 2.45 bits per heavy atom. The average Bonchev–Trinajstić information content (AvgIpc) is 2.82. The molecule has 2 N–H and O–H groups in total. The second kappa shape index (κ2) is 12.4. The number of para-hydroxylation sites is 1. The first kappa shape index (κ1) is 23.2. The molecular formula is C23H38N6O2. The van der Waals surface area contributed by atoms with Crippen LogP contribution < -0.4 is 15.5 Å². The molecule has 8 nitrogen and oxygen atoms in total. The van der Waals surface area contributed by atoms with Crippen LogP contribution in [0, 0.1) is 0 Å². The number of benzene rings is 1. The van der Waals surface area contributed by atoms with E-state index >= 15 is 0 Å². The van der Waals surface area contributed by atoms with E-state index in [9.17, 15) is 4.79 Å². The summed E-state index contributed by atoms with van der Waals surface area (Å²) in [5.41, 5.74) is 1.33. The van der Waals surface area contributed by atoms with E-state index in [0.29, 0.717) is 12.6 Å². The highest BCUT2D eigenvalue weighted by atomic mass is 16.6. The van der Waals surface area contributed by atoms with Gasteiger partial charge in [0.1, 0.15) is 0 Å². The molecule has 1 amide bonds. The van der Waals surface area contributed by atoms with Gasteiger partial charge in [0, 0.05) is 64.6 Å². The van der Waals surface area contributed by atoms with Crippen LogP contribution in [0.1, 0.15) is 26.2 Å². The fourth-order valence-electron chi connectivity index (χ4n) is 4.19. The number of piperidine rings is 1. The lowest BCUT2D eigenvalue weighted by atomic mass is 10.1. The van der Waals surface area contributed by atoms with Gasteiger partial charge in [-0.05, 0) is 44.9 Å². The third-order valence-corrected chi connectivity index (χ3v) is 6.02. The molecule has 2 aliphatic rings. The van der Waals surface area contributed by atoms with Gasteiger partial charge in [-0.2, -0.15) is 0 Å². The lowest BCUT2D eigenvalue weighted by Gasteiger charge is -2.36. The summed E-state index contributed by atoms with van der Waals surface area (Å²) in [6.07, 6.45) is 2.71. The zero-order chi connectivity index (χ0) is 21.9. The minimum atomic E-state index is -0.201. The fraction of sp³-hybridized carbons (Fsp3) is 0.652. The Bertz CT molecular complexity index is 683. The van der Waals surface area contributed by atoms with E-state index < -0.39 is 0 Å². The van der Waals surface area contributed by atoms with Crippen LogP contribution in [-0.4, -0.2) is 93.9 Å². The van der Waals surface area contributed by atoms with E-state index in [2.05, 4.69) is 55.8 Å². The molecule has 0 bridgehead atoms. The van der Waals surface area contributed by atoms with Gasteiger partial charge >= 0.3 is 6.09 Å². The molecule has 2 fully saturated rings. The highest BCUT2D eigenvalue weighted by molar-refractivity contribution is 5.80. The molecule has 0 aliphatic carbocycles. The summed E-state index contributed by atoms with van der Waals surface area (Å²) in [6.45, 7) is 10.1. The Hall–Kier alpha value is -2.48. The quantitative estimate of drug-likeness (QED) is 0.392. The summed E-state index contributed by atoms with van der Waals surface area (Å²) in [6, 6.07) is 11.0. The molecule has 1 aromatic carbocycles. The van der Waals surface area contributed by atoms with E-state index in [4.69, 9.17) is 4.74 Å². The van der Waals surface area contributed by atoms with Crippen molar-refractivity contribution in [2.75, 3.05) is 70.9 Å². The molecule has 0 unspecified atom stereocenters. The van der Waals surface area contributed by atoms with E-state index in [1.54, 1.807) is 4.90 Å². The number of anilines is 1. The van der Waals surface area contributed by atoms with Gasteiger partial charge in [0.25, 0.3) is 0 Å². The highest BCUT2D eigenvalue weighted by Gasteiger charge is 2.24. The molecule has 0 radical (unpaired) electrons. The molecule has 1 aromatic rings. The Kier molecular flexibility index (Phi) is 9.27. The number of ether oxygens (including phenoxy) is 1. The Morgan fingerprint density at radius 2 is 1.81 bits per heavy atom. The predicted molar refractivity (Wildman–Crippen MR) is 126 cm³/mol. The number of piperazine rings is 1. The Morgan fingerprint density at radius 1 is 1.10 bits per heavy atom. The van der Waals surface area contributed by atoms with E-state index in [1.807, 2.05) is 14.0 Å². The number of rotatable bonds is 7. The number of guanidine groups is 1. The van der Waals surface area contributed by atoms with Crippen molar-refractivity contribution in [3.05, 3.63) is 30.3 Å². The van der Waals surface area contributed by atoms with Crippen molar-refractivity contribution in [1.82, 2.24) is 20.4 Å². The van der Waals surface area contributed by atoms with Gasteiger partial charge in [0.2, 0.25) is 0 Å². The second-order valence-corrected chi connectivity index (χ2v) is 8.12. The van der Waals surface area contributed by atoms with Gasteiger partial charge in [-0.1, -0.05) is 18.2 Å². The van der Waals surface area contributed by atoms with Crippen LogP contribution in [-0.2, 0) is 4.74 Å². The number of carbonyl (C=O) groups is 1. The maximum absolute atomic E-state index is 11.8. The van der Waals surface area contributed by atoms with E-state index in [-0.39, 0.29) is 6.09 Å². The van der Waals surface area contributed by atoms with Crippen molar-refractivity contribution in [2.45, 2.75) is 32.2 Å². The van der Waals surface area contributed by atoms with Gasteiger partial charge in [0.15, 0.2) is 5.96 Å². The number of carbonyl (C=O) groups excluding carboxylic acids is 1. The lowest BCUT2D eigenvalue weighted by molar-refractivity contribution is 0.0963. The van der Waals surface area contributed by atoms with Crippen molar-refractivity contribution in [3.8, 4) is 0 Å². The van der Waals surface area contributed by atoms with Crippen molar-refractivity contribution < 1.29 is 9.53 Å². The number of nitrogens with zero attached hydrogens (tertiary/aromatic N) is 4. The molecule has 0 aromatic heterocycles. The molecule has 0 atom stereocenters. The minimum Gasteiger partial charge on any atom is -0.450 e. The summed E-state index contributed by atoms with van der Waals surface area (Å²) < 4.78 is 5.09. The maximum Gasteiger partial charge on any atom is 0.409 e. The number of aliphatic imine (C=N–C) groups is 1. The first-order chi connectivity index (χ1) is 15.2. The number of likely N-dealkylation sites (tertiary alicyclic amines) is 1. The summed E-state index contributed by atoms with van der Waals surface area (Å²) in [5.74, 6) is 0.850. The molecule has 2 heterocycles. The largest absolute Gasteiger partial charge is 0.450 e. The number of amides is 1. The first-order valence-corrected chi connectivity index (χ1v) is 11.6. The van der Waals surface area contributed by atoms with E-state index in [0.717, 1.165) is 77.6 Å². The molecule has 31 heavy (non-hydrogen) atoms. The summed E-state index contributed by atoms with van der Waals surface area (Å²) >= 11 is 0. The van der Waals surface area contributed by atoms with Crippen LogP contribution in [0.4, 0.5) is 10.5 Å². The third kappa shape index (κ3) is 7.31. The number of hydrogen-bond acceptors (Lipinski definition) is 5. The van der Waals surface area contributed by atoms with Crippen molar-refractivity contribution >= 4 is 17.7 Å². The molecule has 2 saturated heterocycles. The van der Waals surface area contributed by atoms with Crippen LogP contribution >= 0.6 is 0 Å². The second-order valence-electron chi connectivity index (χ2n) is 8.12. The molecular weight excluding hydrogens is 392 g/mol. The Labute approximate surface area is 186 Å². The zero-order valence-electron chi connectivity index (χ0n) is 19.1. The Balaban J connectivity index is 1.28. The molecule has 8 heteroatoms. The van der Waals surface area contributed by atoms with Crippen molar-refractivity contribution in [3.63, 3.8) is 0 Å². The monoisotopic (exact) mass is 430 g/mol. The van der Waals surface area contributed by atoms with Gasteiger partial charge < -0.3 is 25.2 Å². The number of nitrogens with one attached hydrogen (secondary N) is 2. The van der Waals surface area contributed by atoms with Gasteiger partial charge in [-0.15, -0.1) is 0 Å². The van der Waals surface area contributed by atoms with E-state index in [1.165, 1.54) is 5.69 Å². The number of hydrogen-bond donors (Lipinski definition) is 2. The topological polar surface area (TPSA) is 72.4 Å². The predicted octanol–water partition coefficient (Wildman–Crippen LogP) is 1.98. The first-order valence-electron chi connectivity index (χ1n) is 11.6. The van der Waals surface area contributed by atoms with Gasteiger partial charge in [-0.3, -0.25) is 9.89 Å². The van der Waals surface area contributed by atoms with Crippen molar-refractivity contribution in [1.29, 1.82) is 0 Å². The third-order valence-electron chi connectivity index (χ3n) is 6.02. The van der Waals surface area contributed by atoms with Crippen LogP contribution in [0.25, 0.3) is 0 Å². The molecule has 3 rings (SSSR count). The molecule has 0 saturated carbocycles. The van der Waals surface area contributed by atoms with Crippen molar-refractivity contribution in [2.24, 2.45) is 4.99 Å². The standard InChI is InChI=1S/C23H38N6O2/c1-3-31-23(30)29-14-10-20(11-15-29)26-22(24-2)25-12-7-13-27-16-18-28(19-17-27)21-8-5-4-6-9-21/h4-6,8-9,20H,3,7,10-19H2,1-2H3,(H2,24,25,26). The molecule has 172 valence electrons. The van der Waals surface area contributed by atoms with Crippen LogP contribution in [0.5, 0.6) is 0 Å². The summed E-state index contributed by atoms with van der Waals surface area (Å²) in [4.78, 5) is 23.0. The summed E-state index contributed by atoms with van der Waals surface area (Å²) in [5, 5.41) is 6.94. The molecule has 0 spiro atoms. The van der Waals surface area contributed by atoms with Crippen LogP contribution in [0.15, 0.2) is 35.3 Å². The normalized spacial score (nSPS) is 18.7. The maximum atomic E-state index is 11.8. The minimum absolute atomic E-state index is 0.201. The lowest BCUT2D eigenvalue weighted by Crippen LogP contribution is -2.50. The smallest absolute Gasteiger partial charge is 0.409 e.